The van der Waals surface area contributed by atoms with Gasteiger partial charge < -0.3 is 10.1 Å². The number of ether oxygens (including phenoxy) is 1. The second-order valence-corrected chi connectivity index (χ2v) is 5.05. The number of carbonyl (C=O) groups is 3. The Kier molecular flexibility index (Phi) is 7.48. The van der Waals surface area contributed by atoms with Crippen LogP contribution in [0.25, 0.3) is 0 Å². The van der Waals surface area contributed by atoms with Gasteiger partial charge in [0, 0.05) is 17.7 Å². The van der Waals surface area contributed by atoms with Crippen LogP contribution in [0, 0.1) is 0 Å². The van der Waals surface area contributed by atoms with E-state index in [-0.39, 0.29) is 0 Å². The number of esters is 1. The Balaban J connectivity index is 4.03. The Hall–Kier alpha value is -1.85. The zero-order valence-electron chi connectivity index (χ0n) is 11.9. The molecule has 0 aromatic heterocycles. The zero-order chi connectivity index (χ0) is 14.9. The van der Waals surface area contributed by atoms with Crippen LogP contribution >= 0.6 is 0 Å². The lowest BCUT2D eigenvalue weighted by Gasteiger charge is -2.19. The van der Waals surface area contributed by atoms with E-state index in [1.165, 1.54) is 0 Å². The van der Waals surface area contributed by atoms with E-state index in [4.69, 9.17) is 4.74 Å². The first-order valence-electron chi connectivity index (χ1n) is 6.22. The lowest BCUT2D eigenvalue weighted by molar-refractivity contribution is -0.138. The van der Waals surface area contributed by atoms with Gasteiger partial charge in [0.1, 0.15) is 0 Å². The van der Waals surface area contributed by atoms with Crippen molar-refractivity contribution in [3.8, 4) is 0 Å². The van der Waals surface area contributed by atoms with E-state index in [0.717, 1.165) is 25.0 Å². The van der Waals surface area contributed by atoms with Gasteiger partial charge in [-0.3, -0.25) is 10.1 Å². The van der Waals surface area contributed by atoms with Gasteiger partial charge in [-0.15, -0.1) is 0 Å². The van der Waals surface area contributed by atoms with Crippen molar-refractivity contribution >= 4 is 17.9 Å². The SMILES string of the molecule is CCCCOC(=O)/C=C/C(=O)NC(=O)NC(C)(C)C. The summed E-state index contributed by atoms with van der Waals surface area (Å²) >= 11 is 0. The van der Waals surface area contributed by atoms with Gasteiger partial charge in [-0.25, -0.2) is 9.59 Å². The molecule has 0 unspecified atom stereocenters. The van der Waals surface area contributed by atoms with Gasteiger partial charge in [0.25, 0.3) is 5.91 Å². The topological polar surface area (TPSA) is 84.5 Å². The molecule has 0 heterocycles. The first-order chi connectivity index (χ1) is 8.74. The highest BCUT2D eigenvalue weighted by molar-refractivity contribution is 6.02. The Morgan fingerprint density at radius 2 is 1.79 bits per heavy atom. The molecule has 0 rings (SSSR count). The molecule has 3 amide bonds. The van der Waals surface area contributed by atoms with E-state index in [1.54, 1.807) is 20.8 Å². The fourth-order valence-electron chi connectivity index (χ4n) is 1.03. The molecule has 0 atom stereocenters. The predicted octanol–water partition coefficient (Wildman–Crippen LogP) is 1.51. The molecule has 0 aromatic carbocycles. The normalized spacial score (nSPS) is 11.2. The molecule has 108 valence electrons. The van der Waals surface area contributed by atoms with Crippen molar-refractivity contribution in [3.63, 3.8) is 0 Å². The molecule has 0 bridgehead atoms. The van der Waals surface area contributed by atoms with Crippen LogP contribution in [0.15, 0.2) is 12.2 Å². The number of rotatable bonds is 5. The Bertz CT molecular complexity index is 356. The third-order valence-corrected chi connectivity index (χ3v) is 1.84. The largest absolute Gasteiger partial charge is 0.463 e. The summed E-state index contributed by atoms with van der Waals surface area (Å²) in [7, 11) is 0. The molecule has 0 aliphatic carbocycles. The van der Waals surface area contributed by atoms with Crippen molar-refractivity contribution in [3.05, 3.63) is 12.2 Å². The summed E-state index contributed by atoms with van der Waals surface area (Å²) in [6, 6.07) is -0.610. The second-order valence-electron chi connectivity index (χ2n) is 5.05. The van der Waals surface area contributed by atoms with Crippen molar-refractivity contribution < 1.29 is 19.1 Å². The lowest BCUT2D eigenvalue weighted by atomic mass is 10.1. The standard InChI is InChI=1S/C13H22N2O4/c1-5-6-9-19-11(17)8-7-10(16)14-12(18)15-13(2,3)4/h7-8H,5-6,9H2,1-4H3,(H2,14,15,16,18)/b8-7+. The molecule has 0 aliphatic heterocycles. The summed E-state index contributed by atoms with van der Waals surface area (Å²) in [5.41, 5.74) is -0.437. The maximum atomic E-state index is 11.3. The average molecular weight is 270 g/mol. The number of carbonyl (C=O) groups excluding carboxylic acids is 3. The van der Waals surface area contributed by atoms with Crippen LogP contribution in [0.4, 0.5) is 4.79 Å². The molecule has 0 fully saturated rings. The molecule has 6 nitrogen and oxygen atoms in total. The molecule has 19 heavy (non-hydrogen) atoms. The number of hydrogen-bond acceptors (Lipinski definition) is 4. The number of amides is 3. The van der Waals surface area contributed by atoms with Crippen LogP contribution in [0.1, 0.15) is 40.5 Å². The molecule has 0 radical (unpaired) electrons. The maximum absolute atomic E-state index is 11.3. The lowest BCUT2D eigenvalue weighted by Crippen LogP contribution is -2.47. The van der Waals surface area contributed by atoms with E-state index in [1.807, 2.05) is 6.92 Å². The summed E-state index contributed by atoms with van der Waals surface area (Å²) in [6.45, 7) is 7.67. The average Bonchev–Trinajstić information content (AvgIpc) is 2.24. The van der Waals surface area contributed by atoms with Gasteiger partial charge in [-0.1, -0.05) is 13.3 Å². The van der Waals surface area contributed by atoms with Crippen LogP contribution in [0.5, 0.6) is 0 Å². The fourth-order valence-corrected chi connectivity index (χ4v) is 1.03. The molecular formula is C13H22N2O4. The summed E-state index contributed by atoms with van der Waals surface area (Å²) in [5, 5.41) is 4.63. The summed E-state index contributed by atoms with van der Waals surface area (Å²) < 4.78 is 4.81. The highest BCUT2D eigenvalue weighted by Crippen LogP contribution is 1.97. The predicted molar refractivity (Wildman–Crippen MR) is 71.4 cm³/mol. The number of nitrogens with one attached hydrogen (secondary N) is 2. The van der Waals surface area contributed by atoms with Crippen LogP contribution in [-0.4, -0.2) is 30.1 Å². The molecule has 2 N–H and O–H groups in total. The summed E-state index contributed by atoms with van der Waals surface area (Å²) in [5.74, 6) is -1.27. The smallest absolute Gasteiger partial charge is 0.330 e. The highest BCUT2D eigenvalue weighted by atomic mass is 16.5. The van der Waals surface area contributed by atoms with Crippen LogP contribution in [-0.2, 0) is 14.3 Å². The van der Waals surface area contributed by atoms with E-state index < -0.39 is 23.4 Å². The number of unbranched alkanes of at least 4 members (excludes halogenated alkanes) is 1. The third kappa shape index (κ3) is 11.0. The van der Waals surface area contributed by atoms with Crippen molar-refractivity contribution in [1.82, 2.24) is 10.6 Å². The molecule has 6 heteroatoms. The van der Waals surface area contributed by atoms with Gasteiger partial charge in [-0.05, 0) is 27.2 Å². The molecule has 0 aliphatic rings. The van der Waals surface area contributed by atoms with Crippen LogP contribution in [0.3, 0.4) is 0 Å². The maximum Gasteiger partial charge on any atom is 0.330 e. The summed E-state index contributed by atoms with van der Waals surface area (Å²) in [4.78, 5) is 33.8. The van der Waals surface area contributed by atoms with Gasteiger partial charge in [0.2, 0.25) is 0 Å². The molecular weight excluding hydrogens is 248 g/mol. The Morgan fingerprint density at radius 1 is 1.16 bits per heavy atom. The van der Waals surface area contributed by atoms with E-state index in [0.29, 0.717) is 6.61 Å². The first kappa shape index (κ1) is 17.2. The van der Waals surface area contributed by atoms with Gasteiger partial charge in [0.15, 0.2) is 0 Å². The van der Waals surface area contributed by atoms with Crippen molar-refractivity contribution in [1.29, 1.82) is 0 Å². The molecule has 0 aromatic rings. The molecule has 0 saturated heterocycles. The van der Waals surface area contributed by atoms with Crippen LogP contribution in [0.2, 0.25) is 0 Å². The van der Waals surface area contributed by atoms with Gasteiger partial charge in [0.05, 0.1) is 6.61 Å². The van der Waals surface area contributed by atoms with Crippen molar-refractivity contribution in [2.75, 3.05) is 6.61 Å². The third-order valence-electron chi connectivity index (χ3n) is 1.84. The molecule has 0 saturated carbocycles. The Labute approximate surface area is 113 Å². The van der Waals surface area contributed by atoms with Gasteiger partial charge >= 0.3 is 12.0 Å². The summed E-state index contributed by atoms with van der Waals surface area (Å²) in [6.07, 6.45) is 3.66. The number of urea groups is 1. The monoisotopic (exact) mass is 270 g/mol. The first-order valence-corrected chi connectivity index (χ1v) is 6.22. The van der Waals surface area contributed by atoms with Crippen LogP contribution < -0.4 is 10.6 Å². The zero-order valence-corrected chi connectivity index (χ0v) is 11.9. The van der Waals surface area contributed by atoms with E-state index in [2.05, 4.69) is 10.6 Å². The minimum atomic E-state index is -0.672. The van der Waals surface area contributed by atoms with E-state index in [9.17, 15) is 14.4 Å². The minimum Gasteiger partial charge on any atom is -0.463 e. The quantitative estimate of drug-likeness (QED) is 0.450. The van der Waals surface area contributed by atoms with Crippen molar-refractivity contribution in [2.45, 2.75) is 46.1 Å². The molecule has 0 spiro atoms. The van der Waals surface area contributed by atoms with Gasteiger partial charge in [-0.2, -0.15) is 0 Å². The number of hydrogen-bond donors (Lipinski definition) is 2. The Morgan fingerprint density at radius 3 is 2.32 bits per heavy atom. The fraction of sp³-hybridized carbons (Fsp3) is 0.615. The van der Waals surface area contributed by atoms with Crippen molar-refractivity contribution in [2.24, 2.45) is 0 Å². The van der Waals surface area contributed by atoms with E-state index >= 15 is 0 Å². The highest BCUT2D eigenvalue weighted by Gasteiger charge is 2.14. The number of imide groups is 1. The second kappa shape index (κ2) is 8.29. The minimum absolute atomic E-state index is 0.325.